The summed E-state index contributed by atoms with van der Waals surface area (Å²) in [6.45, 7) is 1.17. The summed E-state index contributed by atoms with van der Waals surface area (Å²) < 4.78 is 0. The van der Waals surface area contributed by atoms with Crippen LogP contribution in [0.4, 0.5) is 11.4 Å². The molecule has 2 aliphatic carbocycles. The van der Waals surface area contributed by atoms with E-state index in [9.17, 15) is 5.11 Å². The molecule has 0 spiro atoms. The molecule has 0 aliphatic heterocycles. The number of anilines is 1. The van der Waals surface area contributed by atoms with Crippen LogP contribution < -0.4 is 5.32 Å². The largest absolute Gasteiger partial charge is 0.396 e. The van der Waals surface area contributed by atoms with Crippen molar-refractivity contribution >= 4 is 28.5 Å². The standard InChI is InChI=1S/C17H22ClN3O/c18-16-14(13-5-3-12(10-22)4-6-13)7-8-15(17(16)21-19)20-9-11-1-2-11/h5,7-8,11-12,19-20,22H,1-4,6,9-10H2. The van der Waals surface area contributed by atoms with Crippen LogP contribution in [-0.4, -0.2) is 18.3 Å². The third kappa shape index (κ3) is 3.33. The van der Waals surface area contributed by atoms with Crippen LogP contribution in [0.2, 0.25) is 5.02 Å². The maximum atomic E-state index is 9.23. The Bertz CT molecular complexity index is 596. The molecule has 3 rings (SSSR count). The molecule has 0 heterocycles. The van der Waals surface area contributed by atoms with E-state index in [-0.39, 0.29) is 6.61 Å². The number of hydrogen-bond acceptors (Lipinski definition) is 4. The summed E-state index contributed by atoms with van der Waals surface area (Å²) in [4.78, 5) is 0. The van der Waals surface area contributed by atoms with Crippen LogP contribution in [0, 0.1) is 17.4 Å². The molecule has 22 heavy (non-hydrogen) atoms. The molecule has 1 aromatic rings. The van der Waals surface area contributed by atoms with Gasteiger partial charge in [0.1, 0.15) is 5.69 Å². The highest BCUT2D eigenvalue weighted by Crippen LogP contribution is 2.42. The Kier molecular flexibility index (Phi) is 4.79. The van der Waals surface area contributed by atoms with Crippen LogP contribution in [0.25, 0.3) is 5.57 Å². The summed E-state index contributed by atoms with van der Waals surface area (Å²) in [5, 5.41) is 16.8. The lowest BCUT2D eigenvalue weighted by Gasteiger charge is -2.21. The van der Waals surface area contributed by atoms with Gasteiger partial charge in [0.15, 0.2) is 0 Å². The third-order valence-electron chi connectivity index (χ3n) is 4.63. The summed E-state index contributed by atoms with van der Waals surface area (Å²) in [6.07, 6.45) is 7.51. The van der Waals surface area contributed by atoms with E-state index < -0.39 is 0 Å². The van der Waals surface area contributed by atoms with Crippen LogP contribution >= 0.6 is 11.6 Å². The molecule has 0 radical (unpaired) electrons. The maximum Gasteiger partial charge on any atom is 0.127 e. The predicted octanol–water partition coefficient (Wildman–Crippen LogP) is 5.00. The molecule has 0 bridgehead atoms. The summed E-state index contributed by atoms with van der Waals surface area (Å²) in [5.41, 5.74) is 11.0. The van der Waals surface area contributed by atoms with Gasteiger partial charge in [0.2, 0.25) is 0 Å². The third-order valence-corrected chi connectivity index (χ3v) is 5.01. The van der Waals surface area contributed by atoms with Gasteiger partial charge in [0, 0.05) is 13.2 Å². The zero-order valence-corrected chi connectivity index (χ0v) is 13.4. The van der Waals surface area contributed by atoms with Gasteiger partial charge in [-0.15, -0.1) is 0 Å². The van der Waals surface area contributed by atoms with Gasteiger partial charge in [-0.2, -0.15) is 5.11 Å². The van der Waals surface area contributed by atoms with Crippen molar-refractivity contribution in [3.05, 3.63) is 28.8 Å². The number of nitrogens with one attached hydrogen (secondary N) is 2. The first-order valence-electron chi connectivity index (χ1n) is 7.97. The van der Waals surface area contributed by atoms with Crippen molar-refractivity contribution in [2.45, 2.75) is 32.1 Å². The van der Waals surface area contributed by atoms with Crippen LogP contribution in [0.1, 0.15) is 37.7 Å². The lowest BCUT2D eigenvalue weighted by Crippen LogP contribution is -2.09. The van der Waals surface area contributed by atoms with E-state index >= 15 is 0 Å². The fourth-order valence-electron chi connectivity index (χ4n) is 2.94. The van der Waals surface area contributed by atoms with Crippen molar-refractivity contribution < 1.29 is 5.11 Å². The fourth-order valence-corrected chi connectivity index (χ4v) is 3.27. The van der Waals surface area contributed by atoms with Gasteiger partial charge in [0.05, 0.1) is 10.7 Å². The monoisotopic (exact) mass is 319 g/mol. The molecule has 2 aliphatic rings. The minimum absolute atomic E-state index is 0.245. The van der Waals surface area contributed by atoms with Crippen molar-refractivity contribution in [2.75, 3.05) is 18.5 Å². The second-order valence-electron chi connectivity index (χ2n) is 6.31. The molecular weight excluding hydrogens is 298 g/mol. The van der Waals surface area contributed by atoms with Crippen LogP contribution in [-0.2, 0) is 0 Å². The molecule has 3 N–H and O–H groups in total. The highest BCUT2D eigenvalue weighted by atomic mass is 35.5. The van der Waals surface area contributed by atoms with Gasteiger partial charge in [-0.1, -0.05) is 23.7 Å². The topological polar surface area (TPSA) is 68.5 Å². The van der Waals surface area contributed by atoms with E-state index in [4.69, 9.17) is 17.1 Å². The maximum absolute atomic E-state index is 9.23. The normalized spacial score (nSPS) is 21.4. The molecule has 1 fully saturated rings. The quantitative estimate of drug-likeness (QED) is 0.646. The van der Waals surface area contributed by atoms with Crippen molar-refractivity contribution in [1.29, 1.82) is 5.53 Å². The van der Waals surface area contributed by atoms with Crippen molar-refractivity contribution in [3.63, 3.8) is 0 Å². The molecule has 5 heteroatoms. The van der Waals surface area contributed by atoms with Gasteiger partial charge in [-0.25, -0.2) is 5.53 Å². The number of aliphatic hydroxyl groups is 1. The summed E-state index contributed by atoms with van der Waals surface area (Å²) in [6, 6.07) is 4.01. The Morgan fingerprint density at radius 2 is 2.09 bits per heavy atom. The Balaban J connectivity index is 1.82. The zero-order valence-electron chi connectivity index (χ0n) is 12.6. The molecule has 0 saturated heterocycles. The molecule has 0 aromatic heterocycles. The van der Waals surface area contributed by atoms with E-state index in [0.717, 1.165) is 43.0 Å². The van der Waals surface area contributed by atoms with Gasteiger partial charge >= 0.3 is 0 Å². The first kappa shape index (κ1) is 15.5. The smallest absolute Gasteiger partial charge is 0.127 e. The van der Waals surface area contributed by atoms with E-state index in [1.165, 1.54) is 18.4 Å². The SMILES string of the molecule is N=Nc1c(NCC2CC2)ccc(C2=CCC(CO)CC2)c1Cl. The highest BCUT2D eigenvalue weighted by molar-refractivity contribution is 6.35. The zero-order chi connectivity index (χ0) is 15.5. The Morgan fingerprint density at radius 1 is 1.27 bits per heavy atom. The average molecular weight is 320 g/mol. The van der Waals surface area contributed by atoms with E-state index in [2.05, 4.69) is 16.5 Å². The minimum atomic E-state index is 0.245. The van der Waals surface area contributed by atoms with E-state index in [1.54, 1.807) is 0 Å². The number of halogens is 1. The van der Waals surface area contributed by atoms with Crippen LogP contribution in [0.15, 0.2) is 23.3 Å². The van der Waals surface area contributed by atoms with Crippen LogP contribution in [0.3, 0.4) is 0 Å². The molecular formula is C17H22ClN3O. The predicted molar refractivity (Wildman–Crippen MR) is 89.9 cm³/mol. The van der Waals surface area contributed by atoms with Crippen molar-refractivity contribution in [3.8, 4) is 0 Å². The molecule has 1 unspecified atom stereocenters. The van der Waals surface area contributed by atoms with Crippen molar-refractivity contribution in [1.82, 2.24) is 0 Å². The van der Waals surface area contributed by atoms with Gasteiger partial charge in [0.25, 0.3) is 0 Å². The summed E-state index contributed by atoms with van der Waals surface area (Å²) >= 11 is 6.50. The van der Waals surface area contributed by atoms with Gasteiger partial charge < -0.3 is 10.4 Å². The number of benzene rings is 1. The molecule has 1 atom stereocenters. The lowest BCUT2D eigenvalue weighted by molar-refractivity contribution is 0.218. The first-order chi connectivity index (χ1) is 10.7. The highest BCUT2D eigenvalue weighted by Gasteiger charge is 2.22. The van der Waals surface area contributed by atoms with E-state index in [1.807, 2.05) is 12.1 Å². The van der Waals surface area contributed by atoms with Crippen molar-refractivity contribution in [2.24, 2.45) is 17.0 Å². The number of rotatable bonds is 6. The fraction of sp³-hybridized carbons (Fsp3) is 0.529. The number of nitrogens with zero attached hydrogens (tertiary/aromatic N) is 1. The van der Waals surface area contributed by atoms with E-state index in [0.29, 0.717) is 16.6 Å². The molecule has 4 nitrogen and oxygen atoms in total. The molecule has 1 aromatic carbocycles. The second kappa shape index (κ2) is 6.80. The lowest BCUT2D eigenvalue weighted by atomic mass is 9.87. The molecule has 118 valence electrons. The summed E-state index contributed by atoms with van der Waals surface area (Å²) in [5.74, 6) is 1.12. The van der Waals surface area contributed by atoms with Crippen LogP contribution in [0.5, 0.6) is 0 Å². The van der Waals surface area contributed by atoms with Gasteiger partial charge in [-0.05, 0) is 61.1 Å². The first-order valence-corrected chi connectivity index (χ1v) is 8.34. The Labute approximate surface area is 136 Å². The number of aliphatic hydroxyl groups excluding tert-OH is 1. The summed E-state index contributed by atoms with van der Waals surface area (Å²) in [7, 11) is 0. The minimum Gasteiger partial charge on any atom is -0.396 e. The average Bonchev–Trinajstić information content (AvgIpc) is 3.37. The number of hydrogen-bond donors (Lipinski definition) is 3. The van der Waals surface area contributed by atoms with Gasteiger partial charge in [-0.3, -0.25) is 0 Å². The second-order valence-corrected chi connectivity index (χ2v) is 6.69. The number of allylic oxidation sites excluding steroid dienone is 2. The Hall–Kier alpha value is -1.39. The molecule has 0 amide bonds. The Morgan fingerprint density at radius 3 is 2.68 bits per heavy atom. The molecule has 1 saturated carbocycles.